The fourth-order valence-corrected chi connectivity index (χ4v) is 2.00. The van der Waals surface area contributed by atoms with Crippen molar-refractivity contribution in [3.05, 3.63) is 23.7 Å². The maximum absolute atomic E-state index is 5.60. The van der Waals surface area contributed by atoms with Crippen molar-refractivity contribution in [3.8, 4) is 0 Å². The summed E-state index contributed by atoms with van der Waals surface area (Å²) in [6.07, 6.45) is 4.09. The van der Waals surface area contributed by atoms with E-state index in [2.05, 4.69) is 25.8 Å². The van der Waals surface area contributed by atoms with Gasteiger partial charge >= 0.3 is 0 Å². The zero-order valence-corrected chi connectivity index (χ0v) is 9.99. The fourth-order valence-electron chi connectivity index (χ4n) is 2.00. The van der Waals surface area contributed by atoms with E-state index in [1.54, 1.807) is 6.26 Å². The molecule has 0 radical (unpaired) electrons. The Morgan fingerprint density at radius 3 is 2.60 bits per heavy atom. The first-order chi connectivity index (χ1) is 7.22. The first kappa shape index (κ1) is 12.3. The van der Waals surface area contributed by atoms with Gasteiger partial charge in [-0.2, -0.15) is 0 Å². The number of hydrogen-bond acceptors (Lipinski definition) is 3. The monoisotopic (exact) mass is 210 g/mol. The molecule has 0 unspecified atom stereocenters. The highest BCUT2D eigenvalue weighted by Crippen LogP contribution is 2.15. The molecule has 3 heteroatoms. The van der Waals surface area contributed by atoms with E-state index in [1.807, 2.05) is 6.07 Å². The van der Waals surface area contributed by atoms with Crippen molar-refractivity contribution in [1.82, 2.24) is 4.90 Å². The predicted octanol–water partition coefficient (Wildman–Crippen LogP) is 2.36. The maximum Gasteiger partial charge on any atom is 0.121 e. The molecule has 0 aromatic carbocycles. The van der Waals surface area contributed by atoms with Gasteiger partial charge < -0.3 is 10.2 Å². The van der Waals surface area contributed by atoms with Crippen LogP contribution in [-0.2, 0) is 13.1 Å². The molecule has 0 saturated carbocycles. The molecular weight excluding hydrogens is 188 g/mol. The van der Waals surface area contributed by atoms with Crippen LogP contribution in [0.4, 0.5) is 0 Å². The van der Waals surface area contributed by atoms with Crippen LogP contribution in [-0.4, -0.2) is 18.0 Å². The van der Waals surface area contributed by atoms with Gasteiger partial charge in [0.2, 0.25) is 0 Å². The molecule has 0 amide bonds. The Kier molecular flexibility index (Phi) is 4.85. The molecule has 1 heterocycles. The zero-order valence-electron chi connectivity index (χ0n) is 9.99. The molecule has 86 valence electrons. The summed E-state index contributed by atoms with van der Waals surface area (Å²) in [4.78, 5) is 2.37. The summed E-state index contributed by atoms with van der Waals surface area (Å²) >= 11 is 0. The molecule has 1 aromatic rings. The number of nitrogens with zero attached hydrogens (tertiary/aromatic N) is 1. The topological polar surface area (TPSA) is 42.4 Å². The third kappa shape index (κ3) is 3.08. The molecule has 1 rings (SSSR count). The van der Waals surface area contributed by atoms with Gasteiger partial charge in [0.15, 0.2) is 0 Å². The SMILES string of the molecule is CCC(CC)N(C)Cc1ccoc1CN. The van der Waals surface area contributed by atoms with Gasteiger partial charge in [-0.3, -0.25) is 4.90 Å². The van der Waals surface area contributed by atoms with Crippen LogP contribution >= 0.6 is 0 Å². The third-order valence-corrected chi connectivity index (χ3v) is 3.01. The lowest BCUT2D eigenvalue weighted by Gasteiger charge is -2.25. The summed E-state index contributed by atoms with van der Waals surface area (Å²) < 4.78 is 5.31. The Bertz CT molecular complexity index is 279. The van der Waals surface area contributed by atoms with Gasteiger partial charge in [0, 0.05) is 18.2 Å². The molecule has 0 aliphatic rings. The average molecular weight is 210 g/mol. The van der Waals surface area contributed by atoms with Gasteiger partial charge in [0.1, 0.15) is 5.76 Å². The highest BCUT2D eigenvalue weighted by molar-refractivity contribution is 5.16. The molecule has 2 N–H and O–H groups in total. The van der Waals surface area contributed by atoms with Crippen LogP contribution < -0.4 is 5.73 Å². The van der Waals surface area contributed by atoms with Crippen molar-refractivity contribution in [1.29, 1.82) is 0 Å². The molecule has 0 fully saturated rings. The standard InChI is InChI=1S/C12H22N2O/c1-4-11(5-2)14(3)9-10-6-7-15-12(10)8-13/h6-7,11H,4-5,8-9,13H2,1-3H3. The van der Waals surface area contributed by atoms with Crippen LogP contribution in [0, 0.1) is 0 Å². The van der Waals surface area contributed by atoms with Crippen LogP contribution in [0.3, 0.4) is 0 Å². The fraction of sp³-hybridized carbons (Fsp3) is 0.667. The second-order valence-corrected chi connectivity index (χ2v) is 3.96. The highest BCUT2D eigenvalue weighted by atomic mass is 16.3. The number of furan rings is 1. The van der Waals surface area contributed by atoms with Crippen molar-refractivity contribution in [2.75, 3.05) is 7.05 Å². The van der Waals surface area contributed by atoms with Crippen LogP contribution in [0.1, 0.15) is 38.0 Å². The minimum absolute atomic E-state index is 0.485. The van der Waals surface area contributed by atoms with Crippen molar-refractivity contribution in [2.24, 2.45) is 5.73 Å². The quantitative estimate of drug-likeness (QED) is 0.783. The van der Waals surface area contributed by atoms with Crippen LogP contribution in [0.5, 0.6) is 0 Å². The minimum Gasteiger partial charge on any atom is -0.468 e. The Labute approximate surface area is 92.2 Å². The molecule has 0 aliphatic carbocycles. The molecule has 0 bridgehead atoms. The van der Waals surface area contributed by atoms with Crippen LogP contribution in [0.2, 0.25) is 0 Å². The summed E-state index contributed by atoms with van der Waals surface area (Å²) in [5, 5.41) is 0. The Morgan fingerprint density at radius 2 is 2.07 bits per heavy atom. The van der Waals surface area contributed by atoms with Gasteiger partial charge in [-0.25, -0.2) is 0 Å². The third-order valence-electron chi connectivity index (χ3n) is 3.01. The zero-order chi connectivity index (χ0) is 11.3. The van der Waals surface area contributed by atoms with Gasteiger partial charge in [-0.1, -0.05) is 13.8 Å². The van der Waals surface area contributed by atoms with Crippen LogP contribution in [0.15, 0.2) is 16.7 Å². The molecule has 0 atom stereocenters. The van der Waals surface area contributed by atoms with E-state index in [-0.39, 0.29) is 0 Å². The largest absolute Gasteiger partial charge is 0.468 e. The highest BCUT2D eigenvalue weighted by Gasteiger charge is 2.13. The van der Waals surface area contributed by atoms with Gasteiger partial charge in [0.05, 0.1) is 12.8 Å². The van der Waals surface area contributed by atoms with E-state index in [0.29, 0.717) is 12.6 Å². The lowest BCUT2D eigenvalue weighted by atomic mass is 10.1. The molecule has 15 heavy (non-hydrogen) atoms. The molecular formula is C12H22N2O. The first-order valence-electron chi connectivity index (χ1n) is 5.68. The van der Waals surface area contributed by atoms with E-state index < -0.39 is 0 Å². The second kappa shape index (κ2) is 5.93. The Balaban J connectivity index is 2.60. The lowest BCUT2D eigenvalue weighted by Crippen LogP contribution is -2.30. The van der Waals surface area contributed by atoms with Crippen LogP contribution in [0.25, 0.3) is 0 Å². The van der Waals surface area contributed by atoms with Crippen molar-refractivity contribution >= 4 is 0 Å². The summed E-state index contributed by atoms with van der Waals surface area (Å²) in [6, 6.07) is 2.66. The first-order valence-corrected chi connectivity index (χ1v) is 5.68. The van der Waals surface area contributed by atoms with Gasteiger partial charge in [0.25, 0.3) is 0 Å². The summed E-state index contributed by atoms with van der Waals surface area (Å²) in [5.74, 6) is 0.910. The maximum atomic E-state index is 5.60. The summed E-state index contributed by atoms with van der Waals surface area (Å²) in [5.41, 5.74) is 6.81. The minimum atomic E-state index is 0.485. The van der Waals surface area contributed by atoms with E-state index >= 15 is 0 Å². The molecule has 0 aliphatic heterocycles. The number of hydrogen-bond donors (Lipinski definition) is 1. The van der Waals surface area contributed by atoms with Crippen molar-refractivity contribution in [3.63, 3.8) is 0 Å². The molecule has 3 nitrogen and oxygen atoms in total. The Hall–Kier alpha value is -0.800. The second-order valence-electron chi connectivity index (χ2n) is 3.96. The average Bonchev–Trinajstić information content (AvgIpc) is 2.67. The number of nitrogens with two attached hydrogens (primary N) is 1. The van der Waals surface area contributed by atoms with Crippen molar-refractivity contribution < 1.29 is 4.42 Å². The molecule has 1 aromatic heterocycles. The van der Waals surface area contributed by atoms with E-state index in [1.165, 1.54) is 18.4 Å². The smallest absolute Gasteiger partial charge is 0.121 e. The van der Waals surface area contributed by atoms with E-state index in [4.69, 9.17) is 10.2 Å². The van der Waals surface area contributed by atoms with Gasteiger partial charge in [-0.05, 0) is 26.0 Å². The molecule has 0 saturated heterocycles. The molecule has 0 spiro atoms. The lowest BCUT2D eigenvalue weighted by molar-refractivity contribution is 0.220. The normalized spacial score (nSPS) is 11.6. The summed E-state index contributed by atoms with van der Waals surface area (Å²) in [7, 11) is 2.16. The van der Waals surface area contributed by atoms with E-state index in [9.17, 15) is 0 Å². The summed E-state index contributed by atoms with van der Waals surface area (Å²) in [6.45, 7) is 5.86. The predicted molar refractivity (Wildman–Crippen MR) is 62.4 cm³/mol. The van der Waals surface area contributed by atoms with Gasteiger partial charge in [-0.15, -0.1) is 0 Å². The van der Waals surface area contributed by atoms with E-state index in [0.717, 1.165) is 12.3 Å². The Morgan fingerprint density at radius 1 is 1.40 bits per heavy atom. The van der Waals surface area contributed by atoms with Crippen molar-refractivity contribution in [2.45, 2.75) is 45.8 Å². The number of rotatable bonds is 6.